The van der Waals surface area contributed by atoms with E-state index >= 15 is 0 Å². The van der Waals surface area contributed by atoms with Crippen molar-refractivity contribution in [2.24, 2.45) is 5.92 Å². The highest BCUT2D eigenvalue weighted by molar-refractivity contribution is 5.80. The van der Waals surface area contributed by atoms with Gasteiger partial charge >= 0.3 is 0 Å². The highest BCUT2D eigenvalue weighted by Gasteiger charge is 2.08. The Morgan fingerprint density at radius 2 is 1.82 bits per heavy atom. The average molecular weight is 234 g/mol. The van der Waals surface area contributed by atoms with Gasteiger partial charge in [-0.2, -0.15) is 0 Å². The summed E-state index contributed by atoms with van der Waals surface area (Å²) < 4.78 is 0. The van der Waals surface area contributed by atoms with Crippen molar-refractivity contribution in [1.29, 1.82) is 0 Å². The van der Waals surface area contributed by atoms with Crippen LogP contribution in [-0.4, -0.2) is 18.5 Å². The van der Waals surface area contributed by atoms with Gasteiger partial charge in [-0.1, -0.05) is 32.0 Å². The summed E-state index contributed by atoms with van der Waals surface area (Å²) in [4.78, 5) is 11.6. The van der Waals surface area contributed by atoms with Gasteiger partial charge in [-0.15, -0.1) is 0 Å². The Morgan fingerprint density at radius 1 is 1.18 bits per heavy atom. The molecule has 1 aromatic rings. The van der Waals surface area contributed by atoms with Crippen molar-refractivity contribution in [2.45, 2.75) is 33.2 Å². The van der Waals surface area contributed by atoms with Gasteiger partial charge in [0.05, 0.1) is 6.54 Å². The van der Waals surface area contributed by atoms with Crippen LogP contribution >= 0.6 is 0 Å². The van der Waals surface area contributed by atoms with Crippen LogP contribution in [0.4, 0.5) is 5.69 Å². The van der Waals surface area contributed by atoms with E-state index in [9.17, 15) is 4.79 Å². The van der Waals surface area contributed by atoms with Crippen LogP contribution < -0.4 is 10.6 Å². The molecule has 0 aliphatic rings. The summed E-state index contributed by atoms with van der Waals surface area (Å²) in [5, 5.41) is 6.07. The van der Waals surface area contributed by atoms with E-state index in [1.165, 1.54) is 0 Å². The quantitative estimate of drug-likeness (QED) is 0.794. The Bertz CT molecular complexity index is 335. The Kier molecular flexibility index (Phi) is 5.53. The van der Waals surface area contributed by atoms with Crippen molar-refractivity contribution in [3.63, 3.8) is 0 Å². The molecule has 0 aliphatic heterocycles. The number of benzene rings is 1. The molecule has 0 fully saturated rings. The van der Waals surface area contributed by atoms with Crippen LogP contribution in [0.3, 0.4) is 0 Å². The normalized spacial score (nSPS) is 12.2. The van der Waals surface area contributed by atoms with Gasteiger partial charge in [0.2, 0.25) is 5.91 Å². The molecule has 0 bridgehead atoms. The molecular weight excluding hydrogens is 212 g/mol. The molecule has 1 rings (SSSR count). The molecule has 0 spiro atoms. The third-order valence-corrected chi connectivity index (χ3v) is 2.46. The Balaban J connectivity index is 2.26. The van der Waals surface area contributed by atoms with E-state index in [1.54, 1.807) is 0 Å². The molecule has 3 heteroatoms. The number of hydrogen-bond donors (Lipinski definition) is 2. The first-order valence-electron chi connectivity index (χ1n) is 6.16. The number of nitrogens with one attached hydrogen (secondary N) is 2. The monoisotopic (exact) mass is 234 g/mol. The van der Waals surface area contributed by atoms with Crippen molar-refractivity contribution >= 4 is 11.6 Å². The summed E-state index contributed by atoms with van der Waals surface area (Å²) in [5.74, 6) is 0.648. The maximum absolute atomic E-state index is 11.6. The minimum Gasteiger partial charge on any atom is -0.376 e. The molecule has 1 atom stereocenters. The number of anilines is 1. The number of amides is 1. The zero-order valence-corrected chi connectivity index (χ0v) is 10.9. The number of para-hydroxylation sites is 1. The van der Waals surface area contributed by atoms with Crippen molar-refractivity contribution in [3.05, 3.63) is 30.3 Å². The molecule has 0 radical (unpaired) electrons. The van der Waals surface area contributed by atoms with Gasteiger partial charge < -0.3 is 10.6 Å². The second-order valence-electron chi connectivity index (χ2n) is 4.82. The van der Waals surface area contributed by atoms with E-state index in [2.05, 4.69) is 24.5 Å². The minimum atomic E-state index is 0.0435. The summed E-state index contributed by atoms with van der Waals surface area (Å²) in [6.07, 6.45) is 1.01. The summed E-state index contributed by atoms with van der Waals surface area (Å²) >= 11 is 0. The summed E-state index contributed by atoms with van der Waals surface area (Å²) in [6.45, 7) is 6.68. The maximum Gasteiger partial charge on any atom is 0.239 e. The van der Waals surface area contributed by atoms with E-state index in [0.717, 1.165) is 12.1 Å². The van der Waals surface area contributed by atoms with Gasteiger partial charge in [-0.25, -0.2) is 0 Å². The molecule has 0 aromatic heterocycles. The van der Waals surface area contributed by atoms with Crippen LogP contribution in [0.15, 0.2) is 30.3 Å². The number of hydrogen-bond acceptors (Lipinski definition) is 2. The lowest BCUT2D eigenvalue weighted by Crippen LogP contribution is -2.37. The lowest BCUT2D eigenvalue weighted by molar-refractivity contribution is -0.120. The zero-order valence-electron chi connectivity index (χ0n) is 10.9. The number of rotatable bonds is 6. The first-order chi connectivity index (χ1) is 8.08. The highest BCUT2D eigenvalue weighted by Crippen LogP contribution is 2.05. The topological polar surface area (TPSA) is 41.1 Å². The smallest absolute Gasteiger partial charge is 0.239 e. The fourth-order valence-corrected chi connectivity index (χ4v) is 1.83. The standard InChI is InChI=1S/C14H22N2O/c1-11(2)9-12(3)16-14(17)10-15-13-7-5-4-6-8-13/h4-8,11-12,15H,9-10H2,1-3H3,(H,16,17). The molecule has 0 heterocycles. The van der Waals surface area contributed by atoms with E-state index < -0.39 is 0 Å². The second kappa shape index (κ2) is 6.94. The summed E-state index contributed by atoms with van der Waals surface area (Å²) in [5.41, 5.74) is 0.971. The molecule has 1 amide bonds. The van der Waals surface area contributed by atoms with Gasteiger partial charge in [0, 0.05) is 11.7 Å². The largest absolute Gasteiger partial charge is 0.376 e. The Hall–Kier alpha value is -1.51. The van der Waals surface area contributed by atoms with Crippen molar-refractivity contribution < 1.29 is 4.79 Å². The molecule has 1 unspecified atom stereocenters. The summed E-state index contributed by atoms with van der Waals surface area (Å²) in [7, 11) is 0. The predicted octanol–water partition coefficient (Wildman–Crippen LogP) is 2.65. The molecule has 94 valence electrons. The zero-order chi connectivity index (χ0) is 12.7. The molecule has 3 nitrogen and oxygen atoms in total. The molecule has 0 aliphatic carbocycles. The minimum absolute atomic E-state index is 0.0435. The van der Waals surface area contributed by atoms with Gasteiger partial charge in [0.25, 0.3) is 0 Å². The maximum atomic E-state index is 11.6. The van der Waals surface area contributed by atoms with Gasteiger partial charge in [0.15, 0.2) is 0 Å². The van der Waals surface area contributed by atoms with Gasteiger partial charge in [-0.05, 0) is 31.4 Å². The average Bonchev–Trinajstić information content (AvgIpc) is 2.26. The first kappa shape index (κ1) is 13.6. The van der Waals surface area contributed by atoms with Gasteiger partial charge in [0.1, 0.15) is 0 Å². The van der Waals surface area contributed by atoms with Crippen molar-refractivity contribution in [3.8, 4) is 0 Å². The number of carbonyl (C=O) groups excluding carboxylic acids is 1. The Morgan fingerprint density at radius 3 is 2.41 bits per heavy atom. The lowest BCUT2D eigenvalue weighted by Gasteiger charge is -2.16. The molecule has 2 N–H and O–H groups in total. The third kappa shape index (κ3) is 5.95. The van der Waals surface area contributed by atoms with E-state index in [1.807, 2.05) is 37.3 Å². The molecule has 0 saturated carbocycles. The first-order valence-corrected chi connectivity index (χ1v) is 6.16. The van der Waals surface area contributed by atoms with Crippen molar-refractivity contribution in [2.75, 3.05) is 11.9 Å². The second-order valence-corrected chi connectivity index (χ2v) is 4.82. The fraction of sp³-hybridized carbons (Fsp3) is 0.500. The SMILES string of the molecule is CC(C)CC(C)NC(=O)CNc1ccccc1. The molecule has 17 heavy (non-hydrogen) atoms. The van der Waals surface area contributed by atoms with E-state index in [0.29, 0.717) is 12.5 Å². The fourth-order valence-electron chi connectivity index (χ4n) is 1.83. The lowest BCUT2D eigenvalue weighted by atomic mass is 10.1. The summed E-state index contributed by atoms with van der Waals surface area (Å²) in [6, 6.07) is 9.98. The van der Waals surface area contributed by atoms with Crippen LogP contribution in [0.5, 0.6) is 0 Å². The van der Waals surface area contributed by atoms with Crippen LogP contribution in [-0.2, 0) is 4.79 Å². The molecule has 1 aromatic carbocycles. The highest BCUT2D eigenvalue weighted by atomic mass is 16.1. The van der Waals surface area contributed by atoms with E-state index in [-0.39, 0.29) is 11.9 Å². The molecular formula is C14H22N2O. The van der Waals surface area contributed by atoms with Crippen LogP contribution in [0, 0.1) is 5.92 Å². The molecule has 0 saturated heterocycles. The van der Waals surface area contributed by atoms with Gasteiger partial charge in [-0.3, -0.25) is 4.79 Å². The van der Waals surface area contributed by atoms with Crippen molar-refractivity contribution in [1.82, 2.24) is 5.32 Å². The van der Waals surface area contributed by atoms with E-state index in [4.69, 9.17) is 0 Å². The van der Waals surface area contributed by atoms with Crippen LogP contribution in [0.25, 0.3) is 0 Å². The number of carbonyl (C=O) groups is 1. The van der Waals surface area contributed by atoms with Crippen LogP contribution in [0.2, 0.25) is 0 Å². The van der Waals surface area contributed by atoms with Crippen LogP contribution in [0.1, 0.15) is 27.2 Å². The predicted molar refractivity (Wildman–Crippen MR) is 72.0 cm³/mol. The third-order valence-electron chi connectivity index (χ3n) is 2.46. The Labute approximate surface area is 104 Å².